The van der Waals surface area contributed by atoms with Crippen molar-refractivity contribution in [3.63, 3.8) is 0 Å². The van der Waals surface area contributed by atoms with E-state index in [0.717, 1.165) is 56.5 Å². The number of rotatable bonds is 7. The van der Waals surface area contributed by atoms with Gasteiger partial charge in [-0.25, -0.2) is 4.99 Å². The van der Waals surface area contributed by atoms with Gasteiger partial charge in [-0.3, -0.25) is 4.79 Å². The smallest absolute Gasteiger partial charge is 0.241 e. The first kappa shape index (κ1) is 23.3. The fraction of sp³-hybridized carbons (Fsp3) is 0.579. The monoisotopic (exact) mass is 489 g/mol. The van der Waals surface area contributed by atoms with Crippen LogP contribution in [-0.4, -0.2) is 69.7 Å². The number of benzene rings is 1. The number of halogens is 1. The molecule has 1 aliphatic heterocycles. The normalized spacial score (nSPS) is 14.4. The molecule has 7 nitrogen and oxygen atoms in total. The lowest BCUT2D eigenvalue weighted by Gasteiger charge is -2.38. The molecule has 1 amide bonds. The fourth-order valence-electron chi connectivity index (χ4n) is 2.94. The molecule has 1 aromatic rings. The molecule has 1 fully saturated rings. The van der Waals surface area contributed by atoms with E-state index in [2.05, 4.69) is 31.5 Å². The summed E-state index contributed by atoms with van der Waals surface area (Å²) in [4.78, 5) is 20.8. The molecule has 8 heteroatoms. The molecule has 0 unspecified atom stereocenters. The Labute approximate surface area is 179 Å². The van der Waals surface area contributed by atoms with Crippen LogP contribution < -0.4 is 20.3 Å². The SMILES string of the molecule is CCCNC(=O)CN=C(NCC)N1CCN(c2ccccc2OC)CC1.I. The highest BCUT2D eigenvalue weighted by Gasteiger charge is 2.21. The number of aliphatic imine (C=N–C) groups is 1. The minimum Gasteiger partial charge on any atom is -0.495 e. The van der Waals surface area contributed by atoms with Crippen LogP contribution >= 0.6 is 24.0 Å². The van der Waals surface area contributed by atoms with E-state index in [0.29, 0.717) is 6.54 Å². The van der Waals surface area contributed by atoms with Crippen LogP contribution in [0.1, 0.15) is 20.3 Å². The summed E-state index contributed by atoms with van der Waals surface area (Å²) in [5.74, 6) is 1.67. The molecule has 152 valence electrons. The maximum absolute atomic E-state index is 11.8. The Morgan fingerprint density at radius 2 is 1.85 bits per heavy atom. The van der Waals surface area contributed by atoms with Gasteiger partial charge in [0.25, 0.3) is 0 Å². The number of anilines is 1. The molecule has 2 N–H and O–H groups in total. The summed E-state index contributed by atoms with van der Waals surface area (Å²) in [6, 6.07) is 8.09. The zero-order valence-electron chi connectivity index (χ0n) is 16.5. The third-order valence-corrected chi connectivity index (χ3v) is 4.28. The van der Waals surface area contributed by atoms with Gasteiger partial charge in [0.2, 0.25) is 5.91 Å². The van der Waals surface area contributed by atoms with Crippen LogP contribution in [0.4, 0.5) is 5.69 Å². The summed E-state index contributed by atoms with van der Waals surface area (Å²) >= 11 is 0. The summed E-state index contributed by atoms with van der Waals surface area (Å²) in [5, 5.41) is 6.15. The third kappa shape index (κ3) is 7.08. The number of nitrogens with zero attached hydrogens (tertiary/aromatic N) is 3. The largest absolute Gasteiger partial charge is 0.495 e. The number of carbonyl (C=O) groups is 1. The van der Waals surface area contributed by atoms with Crippen LogP contribution in [0.3, 0.4) is 0 Å². The number of ether oxygens (including phenoxy) is 1. The predicted molar refractivity (Wildman–Crippen MR) is 121 cm³/mol. The van der Waals surface area contributed by atoms with Crippen LogP contribution in [0.25, 0.3) is 0 Å². The molecule has 1 aliphatic rings. The van der Waals surface area contributed by atoms with Crippen molar-refractivity contribution in [3.05, 3.63) is 24.3 Å². The lowest BCUT2D eigenvalue weighted by atomic mass is 10.2. The molecule has 0 aliphatic carbocycles. The number of nitrogens with one attached hydrogen (secondary N) is 2. The van der Waals surface area contributed by atoms with Crippen molar-refractivity contribution >= 4 is 41.5 Å². The first-order valence-electron chi connectivity index (χ1n) is 9.37. The maximum Gasteiger partial charge on any atom is 0.241 e. The van der Waals surface area contributed by atoms with Crippen molar-refractivity contribution in [2.75, 3.05) is 57.8 Å². The maximum atomic E-state index is 11.8. The van der Waals surface area contributed by atoms with E-state index < -0.39 is 0 Å². The van der Waals surface area contributed by atoms with Crippen molar-refractivity contribution in [3.8, 4) is 5.75 Å². The second-order valence-electron chi connectivity index (χ2n) is 6.17. The zero-order valence-corrected chi connectivity index (χ0v) is 18.9. The third-order valence-electron chi connectivity index (χ3n) is 4.28. The van der Waals surface area contributed by atoms with Gasteiger partial charge in [-0.05, 0) is 25.5 Å². The number of para-hydroxylation sites is 2. The molecule has 0 aromatic heterocycles. The van der Waals surface area contributed by atoms with E-state index in [1.54, 1.807) is 7.11 Å². The van der Waals surface area contributed by atoms with Crippen LogP contribution in [-0.2, 0) is 4.79 Å². The van der Waals surface area contributed by atoms with Crippen molar-refractivity contribution in [2.45, 2.75) is 20.3 Å². The number of hydrogen-bond donors (Lipinski definition) is 2. The topological polar surface area (TPSA) is 69.2 Å². The second-order valence-corrected chi connectivity index (χ2v) is 6.17. The van der Waals surface area contributed by atoms with Crippen molar-refractivity contribution in [1.82, 2.24) is 15.5 Å². The minimum absolute atomic E-state index is 0. The molecular formula is C19H32IN5O2. The fourth-order valence-corrected chi connectivity index (χ4v) is 2.94. The molecule has 1 aromatic carbocycles. The predicted octanol–water partition coefficient (Wildman–Crippen LogP) is 1.93. The molecule has 1 saturated heterocycles. The summed E-state index contributed by atoms with van der Waals surface area (Å²) in [7, 11) is 1.70. The van der Waals surface area contributed by atoms with Crippen molar-refractivity contribution in [1.29, 1.82) is 0 Å². The molecule has 27 heavy (non-hydrogen) atoms. The molecule has 1 heterocycles. The Balaban J connectivity index is 0.00000364. The first-order chi connectivity index (χ1) is 12.7. The van der Waals surface area contributed by atoms with Gasteiger partial charge in [0.05, 0.1) is 12.8 Å². The van der Waals surface area contributed by atoms with Gasteiger partial charge in [0.15, 0.2) is 5.96 Å². The molecule has 0 atom stereocenters. The van der Waals surface area contributed by atoms with Crippen LogP contribution in [0.5, 0.6) is 5.75 Å². The number of guanidine groups is 1. The molecule has 0 radical (unpaired) electrons. The quantitative estimate of drug-likeness (QED) is 0.348. The van der Waals surface area contributed by atoms with Crippen molar-refractivity contribution in [2.24, 2.45) is 4.99 Å². The number of amides is 1. The number of carbonyl (C=O) groups excluding carboxylic acids is 1. The first-order valence-corrected chi connectivity index (χ1v) is 9.37. The van der Waals surface area contributed by atoms with Gasteiger partial charge in [-0.2, -0.15) is 0 Å². The second kappa shape index (κ2) is 12.6. The highest BCUT2D eigenvalue weighted by atomic mass is 127. The molecule has 0 saturated carbocycles. The van der Waals surface area contributed by atoms with E-state index >= 15 is 0 Å². The van der Waals surface area contributed by atoms with Gasteiger partial charge in [0.1, 0.15) is 12.3 Å². The van der Waals surface area contributed by atoms with Crippen molar-refractivity contribution < 1.29 is 9.53 Å². The van der Waals surface area contributed by atoms with E-state index in [9.17, 15) is 4.79 Å². The summed E-state index contributed by atoms with van der Waals surface area (Å²) in [6.45, 7) is 9.17. The average Bonchev–Trinajstić information content (AvgIpc) is 2.69. The molecule has 0 spiro atoms. The van der Waals surface area contributed by atoms with Crippen LogP contribution in [0.2, 0.25) is 0 Å². The van der Waals surface area contributed by atoms with E-state index in [1.165, 1.54) is 0 Å². The molecular weight excluding hydrogens is 457 g/mol. The highest BCUT2D eigenvalue weighted by molar-refractivity contribution is 14.0. The number of piperazine rings is 1. The molecule has 2 rings (SSSR count). The van der Waals surface area contributed by atoms with E-state index in [4.69, 9.17) is 4.74 Å². The Bertz CT molecular complexity index is 604. The Hall–Kier alpha value is -1.71. The molecule has 0 bridgehead atoms. The highest BCUT2D eigenvalue weighted by Crippen LogP contribution is 2.28. The number of methoxy groups -OCH3 is 1. The lowest BCUT2D eigenvalue weighted by Crippen LogP contribution is -2.52. The van der Waals surface area contributed by atoms with Gasteiger partial charge in [-0.15, -0.1) is 24.0 Å². The number of hydrogen-bond acceptors (Lipinski definition) is 4. The van der Waals surface area contributed by atoms with Crippen LogP contribution in [0, 0.1) is 0 Å². The summed E-state index contributed by atoms with van der Waals surface area (Å²) < 4.78 is 5.47. The van der Waals surface area contributed by atoms with E-state index in [1.807, 2.05) is 32.0 Å². The minimum atomic E-state index is -0.0325. The zero-order chi connectivity index (χ0) is 18.8. The van der Waals surface area contributed by atoms with Gasteiger partial charge in [0, 0.05) is 39.3 Å². The lowest BCUT2D eigenvalue weighted by molar-refractivity contribution is -0.119. The van der Waals surface area contributed by atoms with Gasteiger partial charge >= 0.3 is 0 Å². The standard InChI is InChI=1S/C19H31N5O2.HI/c1-4-10-21-18(25)15-22-19(20-5-2)24-13-11-23(12-14-24)16-8-6-7-9-17(16)26-3;/h6-9H,4-5,10-15H2,1-3H3,(H,20,22)(H,21,25);1H. The Kier molecular flexibility index (Phi) is 10.9. The van der Waals surface area contributed by atoms with Crippen LogP contribution in [0.15, 0.2) is 29.3 Å². The summed E-state index contributed by atoms with van der Waals surface area (Å²) in [5.41, 5.74) is 1.12. The van der Waals surface area contributed by atoms with E-state index in [-0.39, 0.29) is 36.4 Å². The average molecular weight is 489 g/mol. The Morgan fingerprint density at radius 3 is 2.48 bits per heavy atom. The van der Waals surface area contributed by atoms with Gasteiger partial charge in [-0.1, -0.05) is 19.1 Å². The Morgan fingerprint density at radius 1 is 1.15 bits per heavy atom. The summed E-state index contributed by atoms with van der Waals surface area (Å²) in [6.07, 6.45) is 0.931. The van der Waals surface area contributed by atoms with Gasteiger partial charge < -0.3 is 25.2 Å².